The molecule has 174 valence electrons. The zero-order valence-electron chi connectivity index (χ0n) is 19.8. The molecular formula is C26H37N3O3. The van der Waals surface area contributed by atoms with E-state index in [1.807, 2.05) is 32.2 Å². The molecule has 6 nitrogen and oxygen atoms in total. The second-order valence-corrected chi connectivity index (χ2v) is 10.1. The summed E-state index contributed by atoms with van der Waals surface area (Å²) in [5.41, 5.74) is 2.56. The summed E-state index contributed by atoms with van der Waals surface area (Å²) in [6, 6.07) is 4.94. The Balaban J connectivity index is 1.23. The largest absolute Gasteiger partial charge is 0.462 e. The number of carbonyl (C=O) groups excluding carboxylic acids is 1. The summed E-state index contributed by atoms with van der Waals surface area (Å²) in [5, 5.41) is 0.907. The van der Waals surface area contributed by atoms with Gasteiger partial charge in [-0.05, 0) is 77.3 Å². The van der Waals surface area contributed by atoms with Crippen molar-refractivity contribution >= 4 is 17.0 Å². The molecular weight excluding hydrogens is 402 g/mol. The Morgan fingerprint density at radius 1 is 1.19 bits per heavy atom. The summed E-state index contributed by atoms with van der Waals surface area (Å²) < 4.78 is 13.6. The van der Waals surface area contributed by atoms with Crippen LogP contribution in [-0.2, 0) is 9.47 Å². The van der Waals surface area contributed by atoms with Crippen molar-refractivity contribution in [1.82, 2.24) is 14.5 Å². The molecule has 0 amide bonds. The molecule has 0 bridgehead atoms. The number of hydrogen-bond donors (Lipinski definition) is 0. The number of esters is 1. The van der Waals surface area contributed by atoms with Gasteiger partial charge in [0.15, 0.2) is 0 Å². The van der Waals surface area contributed by atoms with Crippen LogP contribution in [0.5, 0.6) is 0 Å². The number of aromatic nitrogens is 2. The van der Waals surface area contributed by atoms with Gasteiger partial charge in [0.25, 0.3) is 0 Å². The van der Waals surface area contributed by atoms with Crippen LogP contribution in [0.1, 0.15) is 74.5 Å². The normalized spacial score (nSPS) is 25.6. The van der Waals surface area contributed by atoms with Crippen LogP contribution in [0, 0.1) is 18.8 Å². The zero-order chi connectivity index (χ0) is 22.2. The van der Waals surface area contributed by atoms with Crippen molar-refractivity contribution in [2.45, 2.75) is 77.5 Å². The summed E-state index contributed by atoms with van der Waals surface area (Å²) >= 11 is 0. The van der Waals surface area contributed by atoms with Crippen molar-refractivity contribution in [2.24, 2.45) is 11.8 Å². The lowest BCUT2D eigenvalue weighted by molar-refractivity contribution is -0.0257. The van der Waals surface area contributed by atoms with Gasteiger partial charge < -0.3 is 14.0 Å². The highest BCUT2D eigenvalue weighted by molar-refractivity contribution is 6.05. The standard InChI is InChI=1S/C26H37N3O3/c1-4-31-26(30)24-18(3)29(25-23(24)6-5-13-27-25)17(2)20-7-9-21(10-8-20)28-14-19(15-28)16-32-22-11-12-22/h5-6,13,17,19-22H,4,7-12,14-16H2,1-3H3. The highest BCUT2D eigenvalue weighted by atomic mass is 16.5. The van der Waals surface area contributed by atoms with Gasteiger partial charge in [0.2, 0.25) is 0 Å². The Morgan fingerprint density at radius 3 is 2.62 bits per heavy atom. The summed E-state index contributed by atoms with van der Waals surface area (Å²) in [4.78, 5) is 20.0. The molecule has 3 aliphatic rings. The van der Waals surface area contributed by atoms with Crippen LogP contribution in [0.25, 0.3) is 11.0 Å². The van der Waals surface area contributed by atoms with Crippen molar-refractivity contribution in [3.63, 3.8) is 0 Å². The number of rotatable bonds is 8. The molecule has 2 saturated carbocycles. The molecule has 0 aromatic carbocycles. The third-order valence-electron chi connectivity index (χ3n) is 7.91. The van der Waals surface area contributed by atoms with Crippen molar-refractivity contribution in [1.29, 1.82) is 0 Å². The van der Waals surface area contributed by atoms with E-state index < -0.39 is 0 Å². The smallest absolute Gasteiger partial charge is 0.340 e. The highest BCUT2D eigenvalue weighted by Crippen LogP contribution is 2.39. The van der Waals surface area contributed by atoms with Crippen molar-refractivity contribution in [3.8, 4) is 0 Å². The minimum absolute atomic E-state index is 0.240. The van der Waals surface area contributed by atoms with E-state index in [9.17, 15) is 4.79 Å². The fourth-order valence-corrected chi connectivity index (χ4v) is 5.90. The van der Waals surface area contributed by atoms with Gasteiger partial charge in [-0.2, -0.15) is 0 Å². The monoisotopic (exact) mass is 439 g/mol. The van der Waals surface area contributed by atoms with E-state index in [2.05, 4.69) is 21.4 Å². The first kappa shape index (κ1) is 21.9. The maximum absolute atomic E-state index is 12.7. The molecule has 3 heterocycles. The molecule has 1 aliphatic heterocycles. The Hall–Kier alpha value is -1.92. The molecule has 6 heteroatoms. The molecule has 2 aliphatic carbocycles. The van der Waals surface area contributed by atoms with E-state index in [1.165, 1.54) is 51.6 Å². The summed E-state index contributed by atoms with van der Waals surface area (Å²) in [6.07, 6.45) is 9.93. The fraction of sp³-hybridized carbons (Fsp3) is 0.692. The number of ether oxygens (including phenoxy) is 2. The number of hydrogen-bond acceptors (Lipinski definition) is 5. The van der Waals surface area contributed by atoms with Crippen LogP contribution in [0.4, 0.5) is 0 Å². The SMILES string of the molecule is CCOC(=O)c1c(C)n(C(C)C2CCC(N3CC(COC4CC4)C3)CC2)c2ncccc12. The van der Waals surface area contributed by atoms with Crippen molar-refractivity contribution in [3.05, 3.63) is 29.6 Å². The summed E-state index contributed by atoms with van der Waals surface area (Å²) in [5.74, 6) is 1.11. The van der Waals surface area contributed by atoms with E-state index >= 15 is 0 Å². The van der Waals surface area contributed by atoms with Crippen LogP contribution >= 0.6 is 0 Å². The maximum Gasteiger partial charge on any atom is 0.340 e. The van der Waals surface area contributed by atoms with Crippen LogP contribution in [0.3, 0.4) is 0 Å². The topological polar surface area (TPSA) is 56.6 Å². The van der Waals surface area contributed by atoms with Gasteiger partial charge in [0.05, 0.1) is 24.9 Å². The molecule has 0 N–H and O–H groups in total. The van der Waals surface area contributed by atoms with Gasteiger partial charge in [-0.15, -0.1) is 0 Å². The lowest BCUT2D eigenvalue weighted by Gasteiger charge is -2.47. The Kier molecular flexibility index (Phi) is 6.26. The van der Waals surface area contributed by atoms with Gasteiger partial charge in [0, 0.05) is 48.4 Å². The first-order valence-corrected chi connectivity index (χ1v) is 12.5. The molecule has 3 fully saturated rings. The van der Waals surface area contributed by atoms with Gasteiger partial charge >= 0.3 is 5.97 Å². The zero-order valence-corrected chi connectivity index (χ0v) is 19.8. The Morgan fingerprint density at radius 2 is 1.94 bits per heavy atom. The molecule has 1 atom stereocenters. The van der Waals surface area contributed by atoms with Gasteiger partial charge in [-0.1, -0.05) is 0 Å². The highest BCUT2D eigenvalue weighted by Gasteiger charge is 2.37. The number of likely N-dealkylation sites (tertiary alicyclic amines) is 1. The molecule has 2 aromatic rings. The van der Waals surface area contributed by atoms with Crippen LogP contribution in [0.2, 0.25) is 0 Å². The quantitative estimate of drug-likeness (QED) is 0.556. The lowest BCUT2D eigenvalue weighted by Crippen LogP contribution is -2.54. The van der Waals surface area contributed by atoms with E-state index in [-0.39, 0.29) is 5.97 Å². The van der Waals surface area contributed by atoms with Crippen LogP contribution < -0.4 is 0 Å². The second kappa shape index (κ2) is 9.14. The molecule has 1 unspecified atom stereocenters. The maximum atomic E-state index is 12.7. The summed E-state index contributed by atoms with van der Waals surface area (Å²) in [6.45, 7) is 9.97. The van der Waals surface area contributed by atoms with Gasteiger partial charge in [-0.3, -0.25) is 4.90 Å². The average molecular weight is 440 g/mol. The van der Waals surface area contributed by atoms with E-state index in [0.29, 0.717) is 30.2 Å². The number of carbonyl (C=O) groups is 1. The number of nitrogens with zero attached hydrogens (tertiary/aromatic N) is 3. The van der Waals surface area contributed by atoms with E-state index in [1.54, 1.807) is 0 Å². The Bertz CT molecular complexity index is 953. The van der Waals surface area contributed by atoms with Crippen LogP contribution in [-0.4, -0.2) is 58.9 Å². The third-order valence-corrected chi connectivity index (χ3v) is 7.91. The third kappa shape index (κ3) is 4.19. The predicted octanol–water partition coefficient (Wildman–Crippen LogP) is 4.75. The minimum atomic E-state index is -0.240. The van der Waals surface area contributed by atoms with Crippen LogP contribution in [0.15, 0.2) is 18.3 Å². The first-order valence-electron chi connectivity index (χ1n) is 12.5. The molecule has 0 spiro atoms. The first-order chi connectivity index (χ1) is 15.6. The molecule has 5 rings (SSSR count). The molecule has 0 radical (unpaired) electrons. The van der Waals surface area contributed by atoms with E-state index in [0.717, 1.165) is 35.3 Å². The Labute approximate surface area is 191 Å². The predicted molar refractivity (Wildman–Crippen MR) is 125 cm³/mol. The molecule has 32 heavy (non-hydrogen) atoms. The average Bonchev–Trinajstić information content (AvgIpc) is 3.54. The number of fused-ring (bicyclic) bond motifs is 1. The van der Waals surface area contributed by atoms with Crippen molar-refractivity contribution < 1.29 is 14.3 Å². The summed E-state index contributed by atoms with van der Waals surface area (Å²) in [7, 11) is 0. The van der Waals surface area contributed by atoms with Gasteiger partial charge in [-0.25, -0.2) is 9.78 Å². The van der Waals surface area contributed by atoms with Crippen molar-refractivity contribution in [2.75, 3.05) is 26.3 Å². The molecule has 1 saturated heterocycles. The fourth-order valence-electron chi connectivity index (χ4n) is 5.90. The minimum Gasteiger partial charge on any atom is -0.462 e. The lowest BCUT2D eigenvalue weighted by atomic mass is 9.80. The van der Waals surface area contributed by atoms with E-state index in [4.69, 9.17) is 9.47 Å². The van der Waals surface area contributed by atoms with Gasteiger partial charge in [0.1, 0.15) is 5.65 Å². The second-order valence-electron chi connectivity index (χ2n) is 10.1. The molecule has 2 aromatic heterocycles. The number of pyridine rings is 1.